The zero-order valence-corrected chi connectivity index (χ0v) is 57.0. The number of hydrogen-bond acceptors (Lipinski definition) is 6. The van der Waals surface area contributed by atoms with E-state index in [0.29, 0.717) is 11.6 Å². The average Bonchev–Trinajstić information content (AvgIpc) is 1.61. The number of imidazole rings is 1. The summed E-state index contributed by atoms with van der Waals surface area (Å²) in [7, 11) is 0. The highest BCUT2D eigenvalue weighted by atomic mass is 15.1. The number of para-hydroxylation sites is 1. The van der Waals surface area contributed by atoms with Crippen LogP contribution in [0.1, 0.15) is 0 Å². The fraction of sp³-hybridized carbons (Fsp3) is 0. The molecule has 7 heteroatoms. The second-order valence-corrected chi connectivity index (χ2v) is 26.6. The fourth-order valence-corrected chi connectivity index (χ4v) is 14.8. The molecule has 0 saturated heterocycles. The molecule has 4 heterocycles. The molecule has 490 valence electrons. The van der Waals surface area contributed by atoms with Crippen molar-refractivity contribution in [1.29, 1.82) is 0 Å². The van der Waals surface area contributed by atoms with Crippen LogP contribution in [-0.4, -0.2) is 34.5 Å². The Hall–Kier alpha value is -14.1. The summed E-state index contributed by atoms with van der Waals surface area (Å²) in [6, 6.07) is 135. The highest BCUT2D eigenvalue weighted by Gasteiger charge is 2.27. The Balaban J connectivity index is 0.748. The van der Waals surface area contributed by atoms with Gasteiger partial charge in [-0.2, -0.15) is 0 Å². The number of rotatable bonds is 14. The van der Waals surface area contributed by atoms with Crippen LogP contribution in [0.25, 0.3) is 195 Å². The largest absolute Gasteiger partial charge is 0.292 e. The first-order chi connectivity index (χ1) is 52.0. The van der Waals surface area contributed by atoms with Gasteiger partial charge in [0.25, 0.3) is 0 Å². The zero-order chi connectivity index (χ0) is 69.6. The SMILES string of the molecule is c1ccc(-c2cc(-c3cc(-c4cc(-c5ccccc5)nc(-c5ccccc5)n4)cc(-c4cc(-c5ccccc5)nc(-c5ccccc5)n4)c3)cc(-c3ccc(-c4ccc(-c5nc6c(-c7ccc8ccccc8c7)c7ccccc7c(-c7ccc8ccccc8c7)c6n5-c5ccccc5)cc4)cc3)n2)cc1. The zero-order valence-electron chi connectivity index (χ0n) is 57.0. The third-order valence-electron chi connectivity index (χ3n) is 20.0. The van der Waals surface area contributed by atoms with E-state index in [0.717, 1.165) is 162 Å². The van der Waals surface area contributed by atoms with Gasteiger partial charge >= 0.3 is 0 Å². The van der Waals surface area contributed by atoms with Crippen LogP contribution in [0.2, 0.25) is 0 Å². The van der Waals surface area contributed by atoms with Gasteiger partial charge in [-0.25, -0.2) is 29.9 Å². The Labute approximate surface area is 608 Å². The second kappa shape index (κ2) is 26.8. The summed E-state index contributed by atoms with van der Waals surface area (Å²) in [6.45, 7) is 0. The first kappa shape index (κ1) is 61.9. The molecule has 0 radical (unpaired) electrons. The van der Waals surface area contributed by atoms with Gasteiger partial charge in [0.05, 0.1) is 45.2 Å². The molecule has 15 aromatic carbocycles. The summed E-state index contributed by atoms with van der Waals surface area (Å²) < 4.78 is 2.39. The van der Waals surface area contributed by atoms with Crippen LogP contribution in [0.5, 0.6) is 0 Å². The van der Waals surface area contributed by atoms with Gasteiger partial charge in [-0.1, -0.05) is 315 Å². The van der Waals surface area contributed by atoms with Gasteiger partial charge in [0.2, 0.25) is 0 Å². The first-order valence-electron chi connectivity index (χ1n) is 35.5. The topological polar surface area (TPSA) is 82.3 Å². The molecule has 0 aliphatic heterocycles. The van der Waals surface area contributed by atoms with Crippen LogP contribution in [0.4, 0.5) is 0 Å². The van der Waals surface area contributed by atoms with Crippen molar-refractivity contribution in [2.45, 2.75) is 0 Å². The Kier molecular flexibility index (Phi) is 15.8. The number of benzene rings is 15. The van der Waals surface area contributed by atoms with Crippen molar-refractivity contribution in [3.63, 3.8) is 0 Å². The van der Waals surface area contributed by atoms with E-state index in [2.05, 4.69) is 332 Å². The first-order valence-corrected chi connectivity index (χ1v) is 35.5. The molecule has 0 spiro atoms. The normalized spacial score (nSPS) is 11.4. The number of nitrogens with zero attached hydrogens (tertiary/aromatic N) is 7. The molecule has 19 aromatic rings. The minimum atomic E-state index is 0.631. The van der Waals surface area contributed by atoms with Crippen LogP contribution in [-0.2, 0) is 0 Å². The van der Waals surface area contributed by atoms with Crippen molar-refractivity contribution in [2.75, 3.05) is 0 Å². The van der Waals surface area contributed by atoms with E-state index in [1.165, 1.54) is 21.5 Å². The fourth-order valence-electron chi connectivity index (χ4n) is 14.8. The van der Waals surface area contributed by atoms with Gasteiger partial charge in [-0.15, -0.1) is 0 Å². The minimum absolute atomic E-state index is 0.631. The van der Waals surface area contributed by atoms with Crippen LogP contribution in [0.15, 0.2) is 382 Å². The van der Waals surface area contributed by atoms with Crippen LogP contribution >= 0.6 is 0 Å². The van der Waals surface area contributed by atoms with E-state index >= 15 is 0 Å². The number of fused-ring (bicyclic) bond motifs is 4. The molecule has 7 nitrogen and oxygen atoms in total. The molecular formula is C98H63N7. The molecule has 4 aromatic heterocycles. The predicted molar refractivity (Wildman–Crippen MR) is 433 cm³/mol. The minimum Gasteiger partial charge on any atom is -0.292 e. The monoisotopic (exact) mass is 1340 g/mol. The van der Waals surface area contributed by atoms with Crippen molar-refractivity contribution < 1.29 is 0 Å². The lowest BCUT2D eigenvalue weighted by atomic mass is 9.89. The molecule has 0 fully saturated rings. The molecule has 0 bridgehead atoms. The highest BCUT2D eigenvalue weighted by Crippen LogP contribution is 2.48. The molecule has 105 heavy (non-hydrogen) atoms. The quantitative estimate of drug-likeness (QED) is 0.108. The third kappa shape index (κ3) is 12.0. The van der Waals surface area contributed by atoms with E-state index < -0.39 is 0 Å². The molecule has 0 amide bonds. The Bertz CT molecular complexity index is 6200. The third-order valence-corrected chi connectivity index (χ3v) is 20.0. The van der Waals surface area contributed by atoms with Gasteiger partial charge in [0.15, 0.2) is 11.6 Å². The van der Waals surface area contributed by atoms with Gasteiger partial charge in [-0.3, -0.25) is 4.57 Å². The van der Waals surface area contributed by atoms with Gasteiger partial charge in [-0.05, 0) is 132 Å². The lowest BCUT2D eigenvalue weighted by molar-refractivity contribution is 1.10. The Morgan fingerprint density at radius 2 is 0.505 bits per heavy atom. The molecular weight excluding hydrogens is 1280 g/mol. The van der Waals surface area contributed by atoms with Crippen molar-refractivity contribution in [1.82, 2.24) is 34.5 Å². The number of hydrogen-bond donors (Lipinski definition) is 0. The summed E-state index contributed by atoms with van der Waals surface area (Å²) in [5, 5.41) is 7.07. The molecule has 0 saturated carbocycles. The van der Waals surface area contributed by atoms with E-state index in [-0.39, 0.29) is 0 Å². The number of pyridine rings is 1. The van der Waals surface area contributed by atoms with Gasteiger partial charge in [0, 0.05) is 66.9 Å². The lowest BCUT2D eigenvalue weighted by Gasteiger charge is -2.18. The molecule has 0 atom stereocenters. The smallest absolute Gasteiger partial charge is 0.160 e. The molecule has 0 aliphatic rings. The standard InChI is InChI=1S/C98H63N7/c1-7-27-68(28-8-1)86-60-80(79-57-81(90-62-88(69-29-9-2-10-30-69)100-96(102-90)72-33-13-4-14-34-72)59-82(58-79)91-63-89(70-31-11-3-12-32-70)101-97(103-91)73-35-15-5-16-36-73)61-87(99-86)71-49-43-66(44-50-71)67-45-51-74(52-46-67)98-104-94-92(77-53-47-64-25-19-21-37-75(64)55-77)84-41-23-24-42-85(84)93(95(94)105(98)83-39-17-6-18-40-83)78-54-48-65-26-20-22-38-76(65)56-78/h1-63H. The average molecular weight is 1340 g/mol. The molecule has 0 unspecified atom stereocenters. The summed E-state index contributed by atoms with van der Waals surface area (Å²) in [5.41, 5.74) is 25.1. The lowest BCUT2D eigenvalue weighted by Crippen LogP contribution is -1.99. The van der Waals surface area contributed by atoms with Crippen LogP contribution in [0.3, 0.4) is 0 Å². The second-order valence-electron chi connectivity index (χ2n) is 26.6. The van der Waals surface area contributed by atoms with Crippen molar-refractivity contribution >= 4 is 43.4 Å². The Morgan fingerprint density at radius 3 is 0.971 bits per heavy atom. The van der Waals surface area contributed by atoms with Crippen LogP contribution in [0, 0.1) is 0 Å². The van der Waals surface area contributed by atoms with E-state index in [4.69, 9.17) is 29.9 Å². The molecule has 0 N–H and O–H groups in total. The molecule has 19 rings (SSSR count). The summed E-state index contributed by atoms with van der Waals surface area (Å²) in [4.78, 5) is 32.6. The van der Waals surface area contributed by atoms with Gasteiger partial charge < -0.3 is 0 Å². The summed E-state index contributed by atoms with van der Waals surface area (Å²) >= 11 is 0. The molecule has 0 aliphatic carbocycles. The highest BCUT2D eigenvalue weighted by molar-refractivity contribution is 6.21. The maximum atomic E-state index is 5.86. The van der Waals surface area contributed by atoms with Gasteiger partial charge in [0.1, 0.15) is 5.82 Å². The number of aromatic nitrogens is 7. The van der Waals surface area contributed by atoms with E-state index in [1.54, 1.807) is 0 Å². The van der Waals surface area contributed by atoms with Crippen LogP contribution < -0.4 is 0 Å². The maximum Gasteiger partial charge on any atom is 0.160 e. The summed E-state index contributed by atoms with van der Waals surface area (Å²) in [5.74, 6) is 2.12. The van der Waals surface area contributed by atoms with Crippen molar-refractivity contribution in [2.24, 2.45) is 0 Å². The predicted octanol–water partition coefficient (Wildman–Crippen LogP) is 25.1. The van der Waals surface area contributed by atoms with Crippen molar-refractivity contribution in [3.8, 4) is 152 Å². The summed E-state index contributed by atoms with van der Waals surface area (Å²) in [6.07, 6.45) is 0. The van der Waals surface area contributed by atoms with E-state index in [9.17, 15) is 0 Å². The van der Waals surface area contributed by atoms with E-state index in [1.807, 2.05) is 54.6 Å². The van der Waals surface area contributed by atoms with Crippen molar-refractivity contribution in [3.05, 3.63) is 382 Å². The maximum absolute atomic E-state index is 5.86. The Morgan fingerprint density at radius 1 is 0.181 bits per heavy atom.